The smallest absolute Gasteiger partial charge is 0.306 e. The third kappa shape index (κ3) is 2.99. The molecule has 7 heteroatoms. The van der Waals surface area contributed by atoms with E-state index < -0.39 is 11.8 Å². The molecular formula is C22H21NO6. The molecule has 1 atom stereocenters. The minimum absolute atomic E-state index is 0.131. The molecule has 2 aromatic carbocycles. The Morgan fingerprint density at radius 2 is 1.76 bits per heavy atom. The van der Waals surface area contributed by atoms with Crippen molar-refractivity contribution in [3.63, 3.8) is 0 Å². The van der Waals surface area contributed by atoms with Gasteiger partial charge in [-0.05, 0) is 29.8 Å². The van der Waals surface area contributed by atoms with Crippen LogP contribution in [0.25, 0.3) is 5.57 Å². The van der Waals surface area contributed by atoms with Gasteiger partial charge in [-0.2, -0.15) is 0 Å². The van der Waals surface area contributed by atoms with Crippen LogP contribution in [0.4, 0.5) is 5.69 Å². The summed E-state index contributed by atoms with van der Waals surface area (Å²) in [5.74, 6) is -0.735. The molecule has 2 aromatic rings. The summed E-state index contributed by atoms with van der Waals surface area (Å²) in [5.41, 5.74) is 2.70. The quantitative estimate of drug-likeness (QED) is 0.737. The number of fused-ring (bicyclic) bond motifs is 2. The minimum atomic E-state index is -1.43. The number of anilines is 1. The number of benzene rings is 2. The van der Waals surface area contributed by atoms with Gasteiger partial charge in [-0.1, -0.05) is 18.2 Å². The number of carbonyl (C=O) groups is 2. The van der Waals surface area contributed by atoms with E-state index in [0.717, 1.165) is 5.56 Å². The zero-order chi connectivity index (χ0) is 20.8. The lowest BCUT2D eigenvalue weighted by Gasteiger charge is -2.37. The van der Waals surface area contributed by atoms with Crippen molar-refractivity contribution in [3.05, 3.63) is 59.5 Å². The molecule has 0 aromatic heterocycles. The lowest BCUT2D eigenvalue weighted by molar-refractivity contribution is -0.214. The molecule has 0 N–H and O–H groups in total. The second-order valence-corrected chi connectivity index (χ2v) is 6.92. The van der Waals surface area contributed by atoms with Crippen molar-refractivity contribution in [1.29, 1.82) is 0 Å². The van der Waals surface area contributed by atoms with Crippen molar-refractivity contribution in [1.82, 2.24) is 0 Å². The van der Waals surface area contributed by atoms with E-state index in [0.29, 0.717) is 34.2 Å². The summed E-state index contributed by atoms with van der Waals surface area (Å²) in [6.45, 7) is 2.96. The minimum Gasteiger partial charge on any atom is -0.493 e. The Bertz CT molecular complexity index is 1030. The summed E-state index contributed by atoms with van der Waals surface area (Å²) in [7, 11) is 3.07. The highest BCUT2D eigenvalue weighted by Gasteiger charge is 2.48. The van der Waals surface area contributed by atoms with Crippen LogP contribution in [0.2, 0.25) is 0 Å². The van der Waals surface area contributed by atoms with Crippen LogP contribution in [0.1, 0.15) is 31.4 Å². The van der Waals surface area contributed by atoms with Crippen molar-refractivity contribution in [2.75, 3.05) is 19.1 Å². The molecule has 4 rings (SSSR count). The fraction of sp³-hybridized carbons (Fsp3) is 0.273. The zero-order valence-electron chi connectivity index (χ0n) is 16.6. The fourth-order valence-corrected chi connectivity index (χ4v) is 3.80. The van der Waals surface area contributed by atoms with Gasteiger partial charge in [-0.3, -0.25) is 14.5 Å². The maximum atomic E-state index is 12.9. The Morgan fingerprint density at radius 3 is 2.38 bits per heavy atom. The second-order valence-electron chi connectivity index (χ2n) is 6.92. The maximum absolute atomic E-state index is 12.9. The summed E-state index contributed by atoms with van der Waals surface area (Å²) < 4.78 is 22.6. The van der Waals surface area contributed by atoms with Gasteiger partial charge in [0.05, 0.1) is 26.3 Å². The van der Waals surface area contributed by atoms with E-state index in [1.54, 1.807) is 26.2 Å². The summed E-state index contributed by atoms with van der Waals surface area (Å²) in [6, 6.07) is 12.7. The van der Waals surface area contributed by atoms with Gasteiger partial charge in [0.1, 0.15) is 0 Å². The number of carbonyl (C=O) groups excluding carboxylic acids is 2. The molecule has 0 saturated heterocycles. The van der Waals surface area contributed by atoms with Crippen molar-refractivity contribution in [2.45, 2.75) is 26.1 Å². The first-order valence-electron chi connectivity index (χ1n) is 9.14. The van der Waals surface area contributed by atoms with Crippen molar-refractivity contribution >= 4 is 23.1 Å². The van der Waals surface area contributed by atoms with Crippen molar-refractivity contribution < 1.29 is 28.5 Å². The van der Waals surface area contributed by atoms with E-state index >= 15 is 0 Å². The van der Waals surface area contributed by atoms with Crippen LogP contribution >= 0.6 is 0 Å². The first kappa shape index (κ1) is 18.9. The largest absolute Gasteiger partial charge is 0.493 e. The van der Waals surface area contributed by atoms with Crippen LogP contribution in [-0.2, 0) is 24.8 Å². The molecule has 0 radical (unpaired) electrons. The molecule has 2 heterocycles. The average Bonchev–Trinajstić information content (AvgIpc) is 3.02. The van der Waals surface area contributed by atoms with E-state index in [1.165, 1.54) is 18.9 Å². The predicted octanol–water partition coefficient (Wildman–Crippen LogP) is 3.58. The lowest BCUT2D eigenvalue weighted by Crippen LogP contribution is -2.38. The standard InChI is InChI=1S/C22H21NO6/c1-13(24)28-22(2)17-12-19(27-4)18(26-3)10-15(17)16-11-20(25)23(21(16)29-22)14-8-6-5-7-9-14/h5-10,12H,11H2,1-4H3. The van der Waals surface area contributed by atoms with Crippen LogP contribution in [0.3, 0.4) is 0 Å². The molecule has 2 aliphatic heterocycles. The normalized spacial score (nSPS) is 20.0. The van der Waals surface area contributed by atoms with Crippen LogP contribution in [-0.4, -0.2) is 26.1 Å². The number of methoxy groups -OCH3 is 2. The molecular weight excluding hydrogens is 374 g/mol. The van der Waals surface area contributed by atoms with E-state index in [-0.39, 0.29) is 12.3 Å². The molecule has 1 unspecified atom stereocenters. The zero-order valence-corrected chi connectivity index (χ0v) is 16.6. The number of rotatable bonds is 4. The van der Waals surface area contributed by atoms with Gasteiger partial charge in [0.2, 0.25) is 11.8 Å². The molecule has 29 heavy (non-hydrogen) atoms. The number of hydrogen-bond acceptors (Lipinski definition) is 6. The van der Waals surface area contributed by atoms with Crippen LogP contribution in [0.5, 0.6) is 11.5 Å². The van der Waals surface area contributed by atoms with Crippen molar-refractivity contribution in [3.8, 4) is 11.5 Å². The lowest BCUT2D eigenvalue weighted by atomic mass is 9.91. The highest BCUT2D eigenvalue weighted by atomic mass is 16.7. The molecule has 7 nitrogen and oxygen atoms in total. The third-order valence-electron chi connectivity index (χ3n) is 5.02. The van der Waals surface area contributed by atoms with E-state index in [9.17, 15) is 9.59 Å². The van der Waals surface area contributed by atoms with Gasteiger partial charge in [-0.15, -0.1) is 0 Å². The fourth-order valence-electron chi connectivity index (χ4n) is 3.80. The topological polar surface area (TPSA) is 74.3 Å². The number of amides is 1. The van der Waals surface area contributed by atoms with E-state index in [2.05, 4.69) is 0 Å². The maximum Gasteiger partial charge on any atom is 0.306 e. The van der Waals surface area contributed by atoms with Crippen LogP contribution in [0, 0.1) is 0 Å². The predicted molar refractivity (Wildman–Crippen MR) is 105 cm³/mol. The molecule has 150 valence electrons. The average molecular weight is 395 g/mol. The Balaban J connectivity index is 1.94. The van der Waals surface area contributed by atoms with Gasteiger partial charge in [0.15, 0.2) is 11.5 Å². The molecule has 0 spiro atoms. The summed E-state index contributed by atoms with van der Waals surface area (Å²) in [6.07, 6.45) is 0.156. The Morgan fingerprint density at radius 1 is 1.10 bits per heavy atom. The van der Waals surface area contributed by atoms with E-state index in [4.69, 9.17) is 18.9 Å². The summed E-state index contributed by atoms with van der Waals surface area (Å²) in [4.78, 5) is 26.3. The molecule has 0 saturated carbocycles. The van der Waals surface area contributed by atoms with E-state index in [1.807, 2.05) is 30.3 Å². The Kier molecular flexibility index (Phi) is 4.45. The number of hydrogen-bond donors (Lipinski definition) is 0. The van der Waals surface area contributed by atoms with Gasteiger partial charge in [0, 0.05) is 25.0 Å². The SMILES string of the molecule is COc1cc2c(cc1OC)C(C)(OC(C)=O)OC1=C2CC(=O)N1c1ccccc1. The number of ether oxygens (including phenoxy) is 4. The highest BCUT2D eigenvalue weighted by molar-refractivity contribution is 6.09. The third-order valence-corrected chi connectivity index (χ3v) is 5.02. The number of nitrogens with zero attached hydrogens (tertiary/aromatic N) is 1. The highest BCUT2D eigenvalue weighted by Crippen LogP contribution is 2.50. The monoisotopic (exact) mass is 395 g/mol. The first-order chi connectivity index (χ1) is 13.9. The van der Waals surface area contributed by atoms with Gasteiger partial charge < -0.3 is 18.9 Å². The van der Waals surface area contributed by atoms with Crippen LogP contribution in [0.15, 0.2) is 48.3 Å². The molecule has 1 amide bonds. The number of para-hydroxylation sites is 1. The molecule has 0 aliphatic carbocycles. The summed E-state index contributed by atoms with van der Waals surface area (Å²) in [5, 5.41) is 0. The van der Waals surface area contributed by atoms with Gasteiger partial charge in [-0.25, -0.2) is 0 Å². The van der Waals surface area contributed by atoms with Crippen molar-refractivity contribution in [2.24, 2.45) is 0 Å². The van der Waals surface area contributed by atoms with Gasteiger partial charge in [0.25, 0.3) is 5.79 Å². The molecule has 2 aliphatic rings. The Labute approximate surface area is 168 Å². The van der Waals surface area contributed by atoms with Crippen LogP contribution < -0.4 is 14.4 Å². The second kappa shape index (κ2) is 6.84. The molecule has 0 bridgehead atoms. The van der Waals surface area contributed by atoms with Gasteiger partial charge >= 0.3 is 5.97 Å². The number of esters is 1. The first-order valence-corrected chi connectivity index (χ1v) is 9.14. The summed E-state index contributed by atoms with van der Waals surface area (Å²) >= 11 is 0. The Hall–Kier alpha value is -3.48. The molecule has 0 fully saturated rings.